The number of fused-ring (bicyclic) bond motifs is 1. The Labute approximate surface area is 278 Å². The van der Waals surface area contributed by atoms with E-state index in [1.807, 2.05) is 46.8 Å². The van der Waals surface area contributed by atoms with E-state index < -0.39 is 29.5 Å². The molecule has 48 heavy (non-hydrogen) atoms. The van der Waals surface area contributed by atoms with Crippen LogP contribution in [0.3, 0.4) is 0 Å². The largest absolute Gasteiger partial charge is 0.444 e. The third-order valence-electron chi connectivity index (χ3n) is 8.15. The number of nitrogens with zero attached hydrogens (tertiary/aromatic N) is 6. The number of aromatic nitrogens is 5. The van der Waals surface area contributed by atoms with E-state index in [9.17, 15) is 13.6 Å². The number of ether oxygens (including phenoxy) is 2. The molecule has 1 fully saturated rings. The van der Waals surface area contributed by atoms with Gasteiger partial charge in [0.2, 0.25) is 11.9 Å². The predicted molar refractivity (Wildman–Crippen MR) is 179 cm³/mol. The van der Waals surface area contributed by atoms with Gasteiger partial charge in [0.05, 0.1) is 17.6 Å². The molecule has 6 rings (SSSR count). The number of para-hydroxylation sites is 2. The number of alkyl halides is 2. The van der Waals surface area contributed by atoms with Gasteiger partial charge in [-0.05, 0) is 76.3 Å². The minimum atomic E-state index is -2.85. The van der Waals surface area contributed by atoms with Gasteiger partial charge in [-0.1, -0.05) is 42.5 Å². The lowest BCUT2D eigenvalue weighted by Crippen LogP contribution is -2.39. The van der Waals surface area contributed by atoms with E-state index >= 15 is 0 Å². The normalized spacial score (nSPS) is 17.5. The lowest BCUT2D eigenvalue weighted by atomic mass is 9.87. The Balaban J connectivity index is 1.29. The SMILES string of the molecule is CC(C)(Cc1ccccc1C1=CCN(C(=O)OC(C)(C)C)CC1)Nc1nc(C2CNCCO2)nc(-n2c(C(F)F)nc3ccccc32)n1. The van der Waals surface area contributed by atoms with Gasteiger partial charge in [-0.2, -0.15) is 15.0 Å². The number of anilines is 1. The molecule has 1 unspecified atom stereocenters. The first-order valence-corrected chi connectivity index (χ1v) is 16.2. The van der Waals surface area contributed by atoms with E-state index in [4.69, 9.17) is 14.5 Å². The molecule has 2 aromatic carbocycles. The highest BCUT2D eigenvalue weighted by Gasteiger charge is 2.29. The van der Waals surface area contributed by atoms with Gasteiger partial charge in [-0.25, -0.2) is 18.6 Å². The monoisotopic (exact) mass is 660 g/mol. The summed E-state index contributed by atoms with van der Waals surface area (Å²) >= 11 is 0. The number of halogens is 2. The molecule has 4 aromatic rings. The summed E-state index contributed by atoms with van der Waals surface area (Å²) in [5, 5.41) is 6.76. The van der Waals surface area contributed by atoms with Gasteiger partial charge in [-0.3, -0.25) is 4.57 Å². The fraction of sp³-hybridized carbons (Fsp3) is 0.457. The van der Waals surface area contributed by atoms with Crippen LogP contribution in [0.2, 0.25) is 0 Å². The van der Waals surface area contributed by atoms with Crippen molar-refractivity contribution in [3.8, 4) is 5.95 Å². The number of rotatable bonds is 8. The molecule has 0 aliphatic carbocycles. The Morgan fingerprint density at radius 1 is 1.06 bits per heavy atom. The summed E-state index contributed by atoms with van der Waals surface area (Å²) in [6.45, 7) is 12.4. The Hall–Kier alpha value is -4.49. The van der Waals surface area contributed by atoms with Crippen LogP contribution in [0.5, 0.6) is 0 Å². The molecule has 13 heteroatoms. The number of hydrogen-bond donors (Lipinski definition) is 2. The van der Waals surface area contributed by atoms with Crippen LogP contribution in [-0.4, -0.2) is 79.4 Å². The van der Waals surface area contributed by atoms with Crippen molar-refractivity contribution in [1.29, 1.82) is 0 Å². The van der Waals surface area contributed by atoms with Gasteiger partial charge in [0.25, 0.3) is 6.43 Å². The molecular weight excluding hydrogens is 618 g/mol. The van der Waals surface area contributed by atoms with Crippen LogP contribution < -0.4 is 10.6 Å². The van der Waals surface area contributed by atoms with E-state index in [1.165, 1.54) is 10.1 Å². The Kier molecular flexibility index (Phi) is 9.44. The minimum absolute atomic E-state index is 0.0405. The standard InChI is InChI=1S/C35H42F2N8O3/c1-34(2,3)48-33(46)44-17-14-22(15-18-44)24-11-7-6-10-23(24)20-35(4,5)43-31-40-29(27-21-38-16-19-47-27)41-32(42-31)45-26-13-9-8-12-25(26)39-30(45)28(36)37/h6-14,27-28,38H,15-21H2,1-5H3,(H,40,41,42,43). The Morgan fingerprint density at radius 3 is 2.54 bits per heavy atom. The number of imidazole rings is 1. The topological polar surface area (TPSA) is 119 Å². The molecule has 0 radical (unpaired) electrons. The number of morpholine rings is 1. The molecule has 4 heterocycles. The zero-order valence-electron chi connectivity index (χ0n) is 28.0. The lowest BCUT2D eigenvalue weighted by Gasteiger charge is -2.31. The van der Waals surface area contributed by atoms with Crippen molar-refractivity contribution in [2.24, 2.45) is 0 Å². The molecule has 0 saturated carbocycles. The first kappa shape index (κ1) is 33.4. The summed E-state index contributed by atoms with van der Waals surface area (Å²) in [4.78, 5) is 32.6. The van der Waals surface area contributed by atoms with Crippen molar-refractivity contribution in [1.82, 2.24) is 34.7 Å². The summed E-state index contributed by atoms with van der Waals surface area (Å²) in [6, 6.07) is 15.1. The van der Waals surface area contributed by atoms with E-state index in [0.717, 1.165) is 11.1 Å². The molecule has 2 aromatic heterocycles. The smallest absolute Gasteiger partial charge is 0.410 e. The fourth-order valence-electron chi connectivity index (χ4n) is 6.03. The first-order valence-electron chi connectivity index (χ1n) is 16.2. The maximum atomic E-state index is 14.3. The maximum absolute atomic E-state index is 14.3. The zero-order chi connectivity index (χ0) is 34.1. The summed E-state index contributed by atoms with van der Waals surface area (Å²) in [7, 11) is 0. The molecular formula is C35H42F2N8O3. The van der Waals surface area contributed by atoms with Gasteiger partial charge in [-0.15, -0.1) is 0 Å². The Bertz CT molecular complexity index is 1810. The average Bonchev–Trinajstić information content (AvgIpc) is 3.44. The quantitative estimate of drug-likeness (QED) is 0.226. The maximum Gasteiger partial charge on any atom is 0.410 e. The third-order valence-corrected chi connectivity index (χ3v) is 8.15. The summed E-state index contributed by atoms with van der Waals surface area (Å²) < 4.78 is 41.4. The van der Waals surface area contributed by atoms with Crippen molar-refractivity contribution in [3.05, 3.63) is 77.4 Å². The lowest BCUT2D eigenvalue weighted by molar-refractivity contribution is 0.0220. The van der Waals surface area contributed by atoms with Crippen molar-refractivity contribution >= 4 is 28.6 Å². The van der Waals surface area contributed by atoms with Gasteiger partial charge >= 0.3 is 6.09 Å². The number of carbonyl (C=O) groups is 1. The highest BCUT2D eigenvalue weighted by Crippen LogP contribution is 2.31. The summed E-state index contributed by atoms with van der Waals surface area (Å²) in [5.41, 5.74) is 3.16. The molecule has 1 saturated heterocycles. The number of amides is 1. The van der Waals surface area contributed by atoms with Crippen LogP contribution in [0.25, 0.3) is 22.6 Å². The molecule has 0 bridgehead atoms. The van der Waals surface area contributed by atoms with Crippen LogP contribution >= 0.6 is 0 Å². The molecule has 2 aliphatic heterocycles. The minimum Gasteiger partial charge on any atom is -0.444 e. The van der Waals surface area contributed by atoms with Crippen molar-refractivity contribution in [3.63, 3.8) is 0 Å². The number of benzene rings is 2. The van der Waals surface area contributed by atoms with Crippen molar-refractivity contribution < 1.29 is 23.0 Å². The van der Waals surface area contributed by atoms with E-state index in [0.29, 0.717) is 62.5 Å². The molecule has 1 amide bonds. The molecule has 2 aliphatic rings. The second kappa shape index (κ2) is 13.6. The fourth-order valence-corrected chi connectivity index (χ4v) is 6.03. The molecule has 11 nitrogen and oxygen atoms in total. The molecule has 1 atom stereocenters. The number of hydrogen-bond acceptors (Lipinski definition) is 9. The van der Waals surface area contributed by atoms with Crippen molar-refractivity contribution in [2.45, 2.75) is 71.1 Å². The summed E-state index contributed by atoms with van der Waals surface area (Å²) in [6.07, 6.45) is -0.250. The van der Waals surface area contributed by atoms with Gasteiger partial charge in [0, 0.05) is 31.7 Å². The van der Waals surface area contributed by atoms with Gasteiger partial charge in [0.1, 0.15) is 11.7 Å². The van der Waals surface area contributed by atoms with Crippen LogP contribution in [0.4, 0.5) is 19.5 Å². The van der Waals surface area contributed by atoms with Crippen LogP contribution in [-0.2, 0) is 15.9 Å². The summed E-state index contributed by atoms with van der Waals surface area (Å²) in [5.74, 6) is 0.181. The van der Waals surface area contributed by atoms with Gasteiger partial charge in [0.15, 0.2) is 11.6 Å². The van der Waals surface area contributed by atoms with Crippen LogP contribution in [0.15, 0.2) is 54.6 Å². The molecule has 0 spiro atoms. The van der Waals surface area contributed by atoms with Gasteiger partial charge < -0.3 is 25.0 Å². The van der Waals surface area contributed by atoms with E-state index in [2.05, 4.69) is 43.8 Å². The van der Waals surface area contributed by atoms with E-state index in [1.54, 1.807) is 29.2 Å². The zero-order valence-corrected chi connectivity index (χ0v) is 28.0. The average molecular weight is 661 g/mol. The third kappa shape index (κ3) is 7.63. The second-order valence-electron chi connectivity index (χ2n) is 13.7. The first-order chi connectivity index (χ1) is 22.9. The Morgan fingerprint density at radius 2 is 1.83 bits per heavy atom. The predicted octanol–water partition coefficient (Wildman–Crippen LogP) is 6.27. The molecule has 2 N–H and O–H groups in total. The second-order valence-corrected chi connectivity index (χ2v) is 13.7. The van der Waals surface area contributed by atoms with Crippen LogP contribution in [0, 0.1) is 0 Å². The van der Waals surface area contributed by atoms with Crippen LogP contribution in [0.1, 0.15) is 76.3 Å². The van der Waals surface area contributed by atoms with Crippen molar-refractivity contribution in [2.75, 3.05) is 38.1 Å². The molecule has 254 valence electrons. The highest BCUT2D eigenvalue weighted by atomic mass is 19.3. The number of carbonyl (C=O) groups excluding carboxylic acids is 1. The number of nitrogens with one attached hydrogen (secondary N) is 2. The highest BCUT2D eigenvalue weighted by molar-refractivity contribution is 5.78. The van der Waals surface area contributed by atoms with E-state index in [-0.39, 0.29) is 18.0 Å².